The van der Waals surface area contributed by atoms with E-state index in [1.807, 2.05) is 6.92 Å². The molecule has 0 unspecified atom stereocenters. The summed E-state index contributed by atoms with van der Waals surface area (Å²) >= 11 is 13.6. The minimum Gasteiger partial charge on any atom is -0.389 e. The lowest BCUT2D eigenvalue weighted by Gasteiger charge is -2.04. The van der Waals surface area contributed by atoms with E-state index in [2.05, 4.69) is 4.98 Å². The van der Waals surface area contributed by atoms with Gasteiger partial charge in [0, 0.05) is 5.56 Å². The highest BCUT2D eigenvalue weighted by molar-refractivity contribution is 7.16. The van der Waals surface area contributed by atoms with Crippen molar-refractivity contribution in [3.8, 4) is 11.3 Å². The first-order valence-electron chi connectivity index (χ1n) is 4.27. The van der Waals surface area contributed by atoms with Crippen molar-refractivity contribution in [3.63, 3.8) is 0 Å². The summed E-state index contributed by atoms with van der Waals surface area (Å²) in [5.41, 5.74) is 7.23. The molecule has 2 nitrogen and oxygen atoms in total. The predicted octanol–water partition coefficient (Wildman–Crippen LogP) is 4.01. The Bertz CT molecular complexity index is 488. The number of rotatable bonds is 1. The Balaban J connectivity index is 2.68. The minimum atomic E-state index is 0.569. The number of aromatic nitrogens is 1. The van der Waals surface area contributed by atoms with Gasteiger partial charge in [0.25, 0.3) is 0 Å². The van der Waals surface area contributed by atoms with Crippen LogP contribution in [0.1, 0.15) is 5.01 Å². The first-order valence-corrected chi connectivity index (χ1v) is 5.84. The van der Waals surface area contributed by atoms with Gasteiger partial charge >= 0.3 is 0 Å². The lowest BCUT2D eigenvalue weighted by Crippen LogP contribution is -1.88. The molecule has 0 saturated carbocycles. The van der Waals surface area contributed by atoms with Gasteiger partial charge in [-0.1, -0.05) is 29.3 Å². The summed E-state index contributed by atoms with van der Waals surface area (Å²) in [5.74, 6) is 0. The molecule has 0 aliphatic rings. The van der Waals surface area contributed by atoms with Gasteiger partial charge in [-0.05, 0) is 19.1 Å². The molecular formula is C10H8Cl2N2S. The van der Waals surface area contributed by atoms with E-state index in [0.29, 0.717) is 26.3 Å². The van der Waals surface area contributed by atoms with E-state index in [9.17, 15) is 0 Å². The van der Waals surface area contributed by atoms with Gasteiger partial charge in [-0.3, -0.25) is 0 Å². The van der Waals surface area contributed by atoms with Crippen molar-refractivity contribution < 1.29 is 0 Å². The predicted molar refractivity (Wildman–Crippen MR) is 66.7 cm³/mol. The molecule has 2 aromatic rings. The Labute approximate surface area is 102 Å². The van der Waals surface area contributed by atoms with Gasteiger partial charge in [0.2, 0.25) is 0 Å². The number of hydrogen-bond donors (Lipinski definition) is 1. The van der Waals surface area contributed by atoms with E-state index in [-0.39, 0.29) is 0 Å². The van der Waals surface area contributed by atoms with Crippen LogP contribution in [-0.2, 0) is 0 Å². The van der Waals surface area contributed by atoms with Gasteiger partial charge in [0.15, 0.2) is 0 Å². The molecule has 15 heavy (non-hydrogen) atoms. The summed E-state index contributed by atoms with van der Waals surface area (Å²) < 4.78 is 0. The summed E-state index contributed by atoms with van der Waals surface area (Å²) in [6, 6.07) is 5.34. The fourth-order valence-electron chi connectivity index (χ4n) is 1.35. The lowest BCUT2D eigenvalue weighted by molar-refractivity contribution is 1.30. The highest BCUT2D eigenvalue weighted by atomic mass is 35.5. The van der Waals surface area contributed by atoms with Crippen molar-refractivity contribution in [2.45, 2.75) is 6.92 Å². The molecule has 2 N–H and O–H groups in total. The van der Waals surface area contributed by atoms with E-state index in [1.165, 1.54) is 11.3 Å². The second-order valence-corrected chi connectivity index (χ2v) is 5.09. The van der Waals surface area contributed by atoms with Crippen LogP contribution in [0.2, 0.25) is 10.0 Å². The number of hydrogen-bond acceptors (Lipinski definition) is 3. The third-order valence-electron chi connectivity index (χ3n) is 1.96. The molecule has 78 valence electrons. The van der Waals surface area contributed by atoms with Gasteiger partial charge < -0.3 is 5.73 Å². The molecule has 0 saturated heterocycles. The van der Waals surface area contributed by atoms with Crippen LogP contribution in [0.4, 0.5) is 5.00 Å². The summed E-state index contributed by atoms with van der Waals surface area (Å²) in [6.07, 6.45) is 0. The lowest BCUT2D eigenvalue weighted by atomic mass is 10.1. The summed E-state index contributed by atoms with van der Waals surface area (Å²) in [7, 11) is 0. The van der Waals surface area contributed by atoms with Gasteiger partial charge in [-0.2, -0.15) is 0 Å². The van der Waals surface area contributed by atoms with Crippen LogP contribution in [0.25, 0.3) is 11.3 Å². The van der Waals surface area contributed by atoms with Gasteiger partial charge in [-0.25, -0.2) is 4.98 Å². The van der Waals surface area contributed by atoms with Gasteiger partial charge in [0.05, 0.1) is 15.1 Å². The van der Waals surface area contributed by atoms with Crippen LogP contribution in [0.3, 0.4) is 0 Å². The summed E-state index contributed by atoms with van der Waals surface area (Å²) in [4.78, 5) is 4.33. The number of nitrogen functional groups attached to an aromatic ring is 1. The first-order chi connectivity index (χ1) is 7.09. The van der Waals surface area contributed by atoms with Crippen LogP contribution in [0.15, 0.2) is 18.2 Å². The molecule has 2 rings (SSSR count). The van der Waals surface area contributed by atoms with E-state index in [1.54, 1.807) is 18.2 Å². The van der Waals surface area contributed by atoms with Gasteiger partial charge in [-0.15, -0.1) is 11.3 Å². The number of anilines is 1. The van der Waals surface area contributed by atoms with Crippen LogP contribution >= 0.6 is 34.5 Å². The molecule has 0 spiro atoms. The Morgan fingerprint density at radius 2 is 1.87 bits per heavy atom. The monoisotopic (exact) mass is 258 g/mol. The average molecular weight is 259 g/mol. The maximum absolute atomic E-state index is 6.07. The van der Waals surface area contributed by atoms with Crippen molar-refractivity contribution in [3.05, 3.63) is 33.3 Å². The number of nitrogens with two attached hydrogens (primary N) is 1. The number of benzene rings is 1. The second-order valence-electron chi connectivity index (χ2n) is 3.04. The molecule has 1 aromatic heterocycles. The summed E-state index contributed by atoms with van der Waals surface area (Å²) in [5, 5.41) is 2.68. The smallest absolute Gasteiger partial charge is 0.114 e. The highest BCUT2D eigenvalue weighted by Crippen LogP contribution is 2.38. The third kappa shape index (κ3) is 1.95. The number of halogens is 2. The Hall–Kier alpha value is -0.770. The Morgan fingerprint density at radius 3 is 2.33 bits per heavy atom. The number of thiazole rings is 1. The molecule has 0 fully saturated rings. The number of aryl methyl sites for hydroxylation is 1. The normalized spacial score (nSPS) is 10.6. The fraction of sp³-hybridized carbons (Fsp3) is 0.100. The molecule has 0 atom stereocenters. The first kappa shape index (κ1) is 10.7. The second kappa shape index (κ2) is 4.00. The summed E-state index contributed by atoms with van der Waals surface area (Å²) in [6.45, 7) is 1.90. The third-order valence-corrected chi connectivity index (χ3v) is 3.39. The fourth-order valence-corrected chi connectivity index (χ4v) is 2.62. The zero-order valence-corrected chi connectivity index (χ0v) is 10.2. The van der Waals surface area contributed by atoms with Crippen molar-refractivity contribution in [1.82, 2.24) is 4.98 Å². The van der Waals surface area contributed by atoms with Crippen LogP contribution in [-0.4, -0.2) is 4.98 Å². The quantitative estimate of drug-likeness (QED) is 0.840. The molecule has 0 radical (unpaired) electrons. The molecule has 0 aliphatic heterocycles. The number of nitrogens with zero attached hydrogens (tertiary/aromatic N) is 1. The highest BCUT2D eigenvalue weighted by Gasteiger charge is 2.14. The van der Waals surface area contributed by atoms with Crippen LogP contribution < -0.4 is 5.73 Å². The van der Waals surface area contributed by atoms with E-state index in [4.69, 9.17) is 28.9 Å². The minimum absolute atomic E-state index is 0.569. The van der Waals surface area contributed by atoms with Crippen molar-refractivity contribution in [2.24, 2.45) is 0 Å². The topological polar surface area (TPSA) is 38.9 Å². The molecule has 1 heterocycles. The molecule has 1 aromatic carbocycles. The van der Waals surface area contributed by atoms with Crippen LogP contribution in [0.5, 0.6) is 0 Å². The standard InChI is InChI=1S/C10H8Cl2N2S/c1-5-14-9(10(13)15-5)8-6(11)3-2-4-7(8)12/h2-4H,13H2,1H3. The Morgan fingerprint density at radius 1 is 1.27 bits per heavy atom. The van der Waals surface area contributed by atoms with Gasteiger partial charge in [0.1, 0.15) is 10.7 Å². The van der Waals surface area contributed by atoms with Crippen molar-refractivity contribution >= 4 is 39.5 Å². The molecule has 0 bridgehead atoms. The molecule has 5 heteroatoms. The van der Waals surface area contributed by atoms with E-state index >= 15 is 0 Å². The zero-order valence-electron chi connectivity index (χ0n) is 7.92. The van der Waals surface area contributed by atoms with Crippen LogP contribution in [0, 0.1) is 6.92 Å². The SMILES string of the molecule is Cc1nc(-c2c(Cl)cccc2Cl)c(N)s1. The molecule has 0 amide bonds. The van der Waals surface area contributed by atoms with Crippen molar-refractivity contribution in [2.75, 3.05) is 5.73 Å². The van der Waals surface area contributed by atoms with E-state index < -0.39 is 0 Å². The largest absolute Gasteiger partial charge is 0.389 e. The molecule has 0 aliphatic carbocycles. The average Bonchev–Trinajstić information content (AvgIpc) is 2.45. The molecular weight excluding hydrogens is 251 g/mol. The Kier molecular flexibility index (Phi) is 2.87. The van der Waals surface area contributed by atoms with Crippen molar-refractivity contribution in [1.29, 1.82) is 0 Å². The maximum Gasteiger partial charge on any atom is 0.114 e. The van der Waals surface area contributed by atoms with E-state index in [0.717, 1.165) is 5.01 Å². The maximum atomic E-state index is 6.07. The zero-order chi connectivity index (χ0) is 11.0.